The Bertz CT molecular complexity index is 567. The third kappa shape index (κ3) is 2.05. The van der Waals surface area contributed by atoms with E-state index in [1.807, 2.05) is 39.0 Å². The van der Waals surface area contributed by atoms with Crippen LogP contribution in [0.3, 0.4) is 0 Å². The number of fused-ring (bicyclic) bond motifs is 1. The maximum atomic E-state index is 12.1. The quantitative estimate of drug-likeness (QED) is 0.818. The second-order valence-electron chi connectivity index (χ2n) is 4.73. The Morgan fingerprint density at radius 2 is 2.00 bits per heavy atom. The zero-order valence-corrected chi connectivity index (χ0v) is 10.7. The van der Waals surface area contributed by atoms with Crippen molar-refractivity contribution >= 4 is 16.8 Å². The SMILES string of the molecule is Cc1[nH]c2c(C(=O)NC(C)C)cccc2c1C. The van der Waals surface area contributed by atoms with Crippen LogP contribution in [0.1, 0.15) is 35.5 Å². The summed E-state index contributed by atoms with van der Waals surface area (Å²) < 4.78 is 0. The molecule has 0 saturated heterocycles. The van der Waals surface area contributed by atoms with Crippen LogP contribution in [0.2, 0.25) is 0 Å². The molecule has 0 saturated carbocycles. The highest BCUT2D eigenvalue weighted by Crippen LogP contribution is 2.24. The number of H-pyrrole nitrogens is 1. The van der Waals surface area contributed by atoms with Crippen molar-refractivity contribution in [1.82, 2.24) is 10.3 Å². The highest BCUT2D eigenvalue weighted by Gasteiger charge is 2.14. The van der Waals surface area contributed by atoms with Crippen molar-refractivity contribution < 1.29 is 4.79 Å². The first-order valence-electron chi connectivity index (χ1n) is 5.89. The Kier molecular flexibility index (Phi) is 2.92. The Labute approximate surface area is 101 Å². The molecule has 0 aliphatic rings. The van der Waals surface area contributed by atoms with Gasteiger partial charge in [-0.15, -0.1) is 0 Å². The van der Waals surface area contributed by atoms with Crippen LogP contribution >= 0.6 is 0 Å². The van der Waals surface area contributed by atoms with E-state index in [0.29, 0.717) is 5.56 Å². The van der Waals surface area contributed by atoms with Crippen molar-refractivity contribution in [2.24, 2.45) is 0 Å². The predicted molar refractivity (Wildman–Crippen MR) is 70.4 cm³/mol. The molecule has 1 heterocycles. The molecule has 17 heavy (non-hydrogen) atoms. The average molecular weight is 230 g/mol. The maximum absolute atomic E-state index is 12.1. The summed E-state index contributed by atoms with van der Waals surface area (Å²) in [6.07, 6.45) is 0. The summed E-state index contributed by atoms with van der Waals surface area (Å²) in [5.74, 6) is -0.0214. The second-order valence-corrected chi connectivity index (χ2v) is 4.73. The summed E-state index contributed by atoms with van der Waals surface area (Å²) >= 11 is 0. The lowest BCUT2D eigenvalue weighted by Crippen LogP contribution is -2.30. The second kappa shape index (κ2) is 4.24. The first-order valence-corrected chi connectivity index (χ1v) is 5.89. The fraction of sp³-hybridized carbons (Fsp3) is 0.357. The van der Waals surface area contributed by atoms with E-state index in [1.54, 1.807) is 0 Å². The molecule has 0 unspecified atom stereocenters. The Hall–Kier alpha value is -1.77. The molecule has 0 aliphatic heterocycles. The number of aromatic amines is 1. The number of nitrogens with one attached hydrogen (secondary N) is 2. The van der Waals surface area contributed by atoms with Crippen LogP contribution in [0, 0.1) is 13.8 Å². The molecule has 0 radical (unpaired) electrons. The molecule has 1 aromatic heterocycles. The summed E-state index contributed by atoms with van der Waals surface area (Å²) in [7, 11) is 0. The number of hydrogen-bond acceptors (Lipinski definition) is 1. The summed E-state index contributed by atoms with van der Waals surface area (Å²) in [6, 6.07) is 5.98. The van der Waals surface area contributed by atoms with Gasteiger partial charge in [0.25, 0.3) is 5.91 Å². The summed E-state index contributed by atoms with van der Waals surface area (Å²) in [5, 5.41) is 4.04. The van der Waals surface area contributed by atoms with E-state index >= 15 is 0 Å². The van der Waals surface area contributed by atoms with E-state index in [2.05, 4.69) is 17.2 Å². The van der Waals surface area contributed by atoms with Crippen molar-refractivity contribution in [3.63, 3.8) is 0 Å². The molecule has 90 valence electrons. The topological polar surface area (TPSA) is 44.9 Å². The fourth-order valence-electron chi connectivity index (χ4n) is 2.01. The van der Waals surface area contributed by atoms with Gasteiger partial charge in [-0.1, -0.05) is 12.1 Å². The van der Waals surface area contributed by atoms with Gasteiger partial charge in [0.05, 0.1) is 11.1 Å². The minimum Gasteiger partial charge on any atom is -0.358 e. The lowest BCUT2D eigenvalue weighted by molar-refractivity contribution is 0.0944. The van der Waals surface area contributed by atoms with E-state index in [1.165, 1.54) is 5.56 Å². The van der Waals surface area contributed by atoms with E-state index in [-0.39, 0.29) is 11.9 Å². The molecule has 0 fully saturated rings. The minimum atomic E-state index is -0.0214. The number of amides is 1. The van der Waals surface area contributed by atoms with Gasteiger partial charge in [0.2, 0.25) is 0 Å². The van der Waals surface area contributed by atoms with Crippen LogP contribution in [-0.4, -0.2) is 16.9 Å². The molecule has 0 aliphatic carbocycles. The molecular weight excluding hydrogens is 212 g/mol. The van der Waals surface area contributed by atoms with E-state index in [9.17, 15) is 4.79 Å². The van der Waals surface area contributed by atoms with Crippen molar-refractivity contribution in [3.8, 4) is 0 Å². The average Bonchev–Trinajstić information content (AvgIpc) is 2.54. The first kappa shape index (κ1) is 11.7. The third-order valence-corrected chi connectivity index (χ3v) is 3.01. The molecule has 1 amide bonds. The number of carbonyl (C=O) groups is 1. The van der Waals surface area contributed by atoms with Crippen LogP contribution in [0.5, 0.6) is 0 Å². The number of aryl methyl sites for hydroxylation is 2. The van der Waals surface area contributed by atoms with Gasteiger partial charge in [-0.25, -0.2) is 0 Å². The Morgan fingerprint density at radius 1 is 1.29 bits per heavy atom. The number of aromatic nitrogens is 1. The number of benzene rings is 1. The number of carbonyl (C=O) groups excluding carboxylic acids is 1. The largest absolute Gasteiger partial charge is 0.358 e. The Balaban J connectivity index is 2.55. The van der Waals surface area contributed by atoms with Crippen LogP contribution in [-0.2, 0) is 0 Å². The molecule has 1 aromatic carbocycles. The highest BCUT2D eigenvalue weighted by atomic mass is 16.1. The number of hydrogen-bond donors (Lipinski definition) is 2. The summed E-state index contributed by atoms with van der Waals surface area (Å²) in [6.45, 7) is 8.02. The maximum Gasteiger partial charge on any atom is 0.253 e. The van der Waals surface area contributed by atoms with Gasteiger partial charge >= 0.3 is 0 Å². The highest BCUT2D eigenvalue weighted by molar-refractivity contribution is 6.06. The normalized spacial score (nSPS) is 11.1. The monoisotopic (exact) mass is 230 g/mol. The van der Waals surface area contributed by atoms with E-state index in [4.69, 9.17) is 0 Å². The molecule has 3 heteroatoms. The molecule has 0 atom stereocenters. The Morgan fingerprint density at radius 3 is 2.65 bits per heavy atom. The zero-order valence-electron chi connectivity index (χ0n) is 10.7. The van der Waals surface area contributed by atoms with Crippen molar-refractivity contribution in [1.29, 1.82) is 0 Å². The van der Waals surface area contributed by atoms with Gasteiger partial charge in [0.15, 0.2) is 0 Å². The standard InChI is InChI=1S/C14H18N2O/c1-8(2)15-14(17)12-7-5-6-11-9(3)10(4)16-13(11)12/h5-8,16H,1-4H3,(H,15,17). The van der Waals surface area contributed by atoms with Crippen LogP contribution in [0.15, 0.2) is 18.2 Å². The lowest BCUT2D eigenvalue weighted by Gasteiger charge is -2.08. The van der Waals surface area contributed by atoms with E-state index in [0.717, 1.165) is 16.6 Å². The first-order chi connectivity index (χ1) is 8.00. The molecule has 2 aromatic rings. The van der Waals surface area contributed by atoms with Crippen LogP contribution in [0.25, 0.3) is 10.9 Å². The molecule has 0 spiro atoms. The molecule has 2 N–H and O–H groups in total. The lowest BCUT2D eigenvalue weighted by atomic mass is 10.1. The molecule has 3 nitrogen and oxygen atoms in total. The van der Waals surface area contributed by atoms with Crippen LogP contribution < -0.4 is 5.32 Å². The predicted octanol–water partition coefficient (Wildman–Crippen LogP) is 2.92. The van der Waals surface area contributed by atoms with Gasteiger partial charge < -0.3 is 10.3 Å². The third-order valence-electron chi connectivity index (χ3n) is 3.01. The van der Waals surface area contributed by atoms with Gasteiger partial charge in [-0.2, -0.15) is 0 Å². The van der Waals surface area contributed by atoms with Gasteiger partial charge in [0.1, 0.15) is 0 Å². The zero-order chi connectivity index (χ0) is 12.6. The smallest absolute Gasteiger partial charge is 0.253 e. The van der Waals surface area contributed by atoms with Crippen molar-refractivity contribution in [2.45, 2.75) is 33.7 Å². The molecule has 0 bridgehead atoms. The number of rotatable bonds is 2. The van der Waals surface area contributed by atoms with E-state index < -0.39 is 0 Å². The minimum absolute atomic E-state index is 0.0214. The van der Waals surface area contributed by atoms with Gasteiger partial charge in [-0.3, -0.25) is 4.79 Å². The summed E-state index contributed by atoms with van der Waals surface area (Å²) in [5.41, 5.74) is 3.97. The van der Waals surface area contributed by atoms with Gasteiger partial charge in [0, 0.05) is 17.1 Å². The van der Waals surface area contributed by atoms with Crippen molar-refractivity contribution in [3.05, 3.63) is 35.0 Å². The van der Waals surface area contributed by atoms with Crippen LogP contribution in [0.4, 0.5) is 0 Å². The molecular formula is C14H18N2O. The van der Waals surface area contributed by atoms with Gasteiger partial charge in [-0.05, 0) is 39.3 Å². The fourth-order valence-corrected chi connectivity index (χ4v) is 2.01. The molecule has 2 rings (SSSR count). The number of para-hydroxylation sites is 1. The van der Waals surface area contributed by atoms with Crippen molar-refractivity contribution in [2.75, 3.05) is 0 Å². The summed E-state index contributed by atoms with van der Waals surface area (Å²) in [4.78, 5) is 15.3.